The second-order valence-electron chi connectivity index (χ2n) is 3.62. The second kappa shape index (κ2) is 5.33. The molecule has 0 unspecified atom stereocenters. The van der Waals surface area contributed by atoms with Gasteiger partial charge in [0.1, 0.15) is 5.15 Å². The molecule has 0 spiro atoms. The lowest BCUT2D eigenvalue weighted by molar-refractivity contribution is 0.102. The minimum atomic E-state index is -0.312. The third kappa shape index (κ3) is 3.18. The lowest BCUT2D eigenvalue weighted by atomic mass is 10.2. The van der Waals surface area contributed by atoms with E-state index in [2.05, 4.69) is 15.3 Å². The first kappa shape index (κ1) is 12.8. The van der Waals surface area contributed by atoms with Crippen LogP contribution in [0.2, 0.25) is 10.2 Å². The summed E-state index contributed by atoms with van der Waals surface area (Å²) in [4.78, 5) is 19.8. The third-order valence-corrected chi connectivity index (χ3v) is 2.60. The van der Waals surface area contributed by atoms with Crippen LogP contribution in [0.4, 0.5) is 5.95 Å². The fourth-order valence-corrected chi connectivity index (χ4v) is 1.72. The summed E-state index contributed by atoms with van der Waals surface area (Å²) in [6.45, 7) is 1.77. The van der Waals surface area contributed by atoms with E-state index < -0.39 is 0 Å². The first-order valence-electron chi connectivity index (χ1n) is 5.13. The van der Waals surface area contributed by atoms with Crippen LogP contribution in [0.25, 0.3) is 0 Å². The van der Waals surface area contributed by atoms with Crippen LogP contribution < -0.4 is 5.32 Å². The number of aryl methyl sites for hydroxylation is 1. The van der Waals surface area contributed by atoms with Crippen LogP contribution >= 0.6 is 23.2 Å². The molecule has 1 aromatic heterocycles. The van der Waals surface area contributed by atoms with Gasteiger partial charge in [0.2, 0.25) is 5.95 Å². The maximum absolute atomic E-state index is 11.9. The molecule has 6 heteroatoms. The summed E-state index contributed by atoms with van der Waals surface area (Å²) in [5.74, 6) is -0.131. The second-order valence-corrected chi connectivity index (χ2v) is 4.44. The molecule has 18 heavy (non-hydrogen) atoms. The monoisotopic (exact) mass is 281 g/mol. The Bertz CT molecular complexity index is 564. The molecule has 0 saturated carbocycles. The molecule has 0 atom stereocenters. The van der Waals surface area contributed by atoms with E-state index in [1.807, 2.05) is 0 Å². The Morgan fingerprint density at radius 1 is 1.17 bits per heavy atom. The molecule has 0 radical (unpaired) electrons. The van der Waals surface area contributed by atoms with Crippen molar-refractivity contribution in [2.75, 3.05) is 5.32 Å². The fraction of sp³-hybridized carbons (Fsp3) is 0.0833. The summed E-state index contributed by atoms with van der Waals surface area (Å²) in [5, 5.41) is 3.43. The zero-order valence-corrected chi connectivity index (χ0v) is 11.0. The Morgan fingerprint density at radius 2 is 1.83 bits per heavy atom. The van der Waals surface area contributed by atoms with Crippen molar-refractivity contribution >= 4 is 35.1 Å². The smallest absolute Gasteiger partial charge is 0.258 e. The maximum atomic E-state index is 11.9. The SMILES string of the molecule is Cc1cc(Cl)nc(NC(=O)c2ccc(Cl)cc2)n1. The molecule has 1 aromatic carbocycles. The van der Waals surface area contributed by atoms with Gasteiger partial charge in [0.15, 0.2) is 0 Å². The van der Waals surface area contributed by atoms with Gasteiger partial charge in [-0.25, -0.2) is 9.97 Å². The predicted octanol–water partition coefficient (Wildman–Crippen LogP) is 3.34. The fourth-order valence-electron chi connectivity index (χ4n) is 1.36. The number of aromatic nitrogens is 2. The predicted molar refractivity (Wildman–Crippen MR) is 71.2 cm³/mol. The van der Waals surface area contributed by atoms with Gasteiger partial charge in [0, 0.05) is 16.3 Å². The molecule has 1 N–H and O–H groups in total. The molecule has 0 aliphatic heterocycles. The van der Waals surface area contributed by atoms with Gasteiger partial charge in [-0.15, -0.1) is 0 Å². The Labute approximate surface area is 114 Å². The lowest BCUT2D eigenvalue weighted by Crippen LogP contribution is -2.14. The number of amides is 1. The maximum Gasteiger partial charge on any atom is 0.258 e. The number of anilines is 1. The van der Waals surface area contributed by atoms with E-state index >= 15 is 0 Å². The summed E-state index contributed by atoms with van der Waals surface area (Å²) in [5.41, 5.74) is 1.15. The van der Waals surface area contributed by atoms with Gasteiger partial charge in [0.05, 0.1) is 0 Å². The van der Waals surface area contributed by atoms with E-state index in [4.69, 9.17) is 23.2 Å². The molecule has 2 aromatic rings. The van der Waals surface area contributed by atoms with Crippen molar-refractivity contribution < 1.29 is 4.79 Å². The van der Waals surface area contributed by atoms with Gasteiger partial charge < -0.3 is 0 Å². The number of carbonyl (C=O) groups is 1. The van der Waals surface area contributed by atoms with Gasteiger partial charge in [-0.05, 0) is 37.3 Å². The zero-order valence-electron chi connectivity index (χ0n) is 9.45. The molecular formula is C12H9Cl2N3O. The summed E-state index contributed by atoms with van der Waals surface area (Å²) in [6, 6.07) is 8.13. The van der Waals surface area contributed by atoms with Crippen molar-refractivity contribution in [2.45, 2.75) is 6.92 Å². The number of hydrogen-bond acceptors (Lipinski definition) is 3. The van der Waals surface area contributed by atoms with Gasteiger partial charge in [-0.3, -0.25) is 10.1 Å². The van der Waals surface area contributed by atoms with E-state index in [-0.39, 0.29) is 17.0 Å². The topological polar surface area (TPSA) is 54.9 Å². The zero-order chi connectivity index (χ0) is 13.1. The number of rotatable bonds is 2. The Kier molecular flexibility index (Phi) is 3.79. The van der Waals surface area contributed by atoms with Crippen molar-refractivity contribution in [1.29, 1.82) is 0 Å². The van der Waals surface area contributed by atoms with Crippen molar-refractivity contribution in [3.63, 3.8) is 0 Å². The van der Waals surface area contributed by atoms with Gasteiger partial charge in [-0.1, -0.05) is 23.2 Å². The number of hydrogen-bond donors (Lipinski definition) is 1. The molecule has 0 bridgehead atoms. The van der Waals surface area contributed by atoms with Gasteiger partial charge >= 0.3 is 0 Å². The largest absolute Gasteiger partial charge is 0.290 e. The Hall–Kier alpha value is -1.65. The first-order chi connectivity index (χ1) is 8.54. The molecule has 4 nitrogen and oxygen atoms in total. The molecule has 1 heterocycles. The Morgan fingerprint density at radius 3 is 2.44 bits per heavy atom. The molecule has 92 valence electrons. The molecule has 0 fully saturated rings. The number of benzene rings is 1. The number of nitrogens with one attached hydrogen (secondary N) is 1. The normalized spacial score (nSPS) is 10.2. The van der Waals surface area contributed by atoms with E-state index in [0.29, 0.717) is 16.3 Å². The van der Waals surface area contributed by atoms with Crippen molar-refractivity contribution in [3.05, 3.63) is 51.8 Å². The van der Waals surface area contributed by atoms with Crippen LogP contribution in [0.5, 0.6) is 0 Å². The Balaban J connectivity index is 2.18. The number of halogens is 2. The highest BCUT2D eigenvalue weighted by atomic mass is 35.5. The van der Waals surface area contributed by atoms with Crippen molar-refractivity contribution in [1.82, 2.24) is 9.97 Å². The number of nitrogens with zero attached hydrogens (tertiary/aromatic N) is 2. The summed E-state index contributed by atoms with van der Waals surface area (Å²) < 4.78 is 0. The third-order valence-electron chi connectivity index (χ3n) is 2.15. The van der Waals surface area contributed by atoms with Crippen molar-refractivity contribution in [3.8, 4) is 0 Å². The lowest BCUT2D eigenvalue weighted by Gasteiger charge is -2.04. The average molecular weight is 282 g/mol. The summed E-state index contributed by atoms with van der Waals surface area (Å²) in [6.07, 6.45) is 0. The van der Waals surface area contributed by atoms with E-state index in [0.717, 1.165) is 0 Å². The van der Waals surface area contributed by atoms with Gasteiger partial charge in [0.25, 0.3) is 5.91 Å². The van der Waals surface area contributed by atoms with E-state index in [1.54, 1.807) is 37.3 Å². The highest BCUT2D eigenvalue weighted by molar-refractivity contribution is 6.30. The van der Waals surface area contributed by atoms with Crippen LogP contribution in [0, 0.1) is 6.92 Å². The molecule has 0 saturated heterocycles. The highest BCUT2D eigenvalue weighted by Crippen LogP contribution is 2.13. The summed E-state index contributed by atoms with van der Waals surface area (Å²) in [7, 11) is 0. The highest BCUT2D eigenvalue weighted by Gasteiger charge is 2.08. The van der Waals surface area contributed by atoms with Crippen LogP contribution in [0.15, 0.2) is 30.3 Å². The molecule has 1 amide bonds. The minimum Gasteiger partial charge on any atom is -0.290 e. The van der Waals surface area contributed by atoms with Crippen LogP contribution in [0.3, 0.4) is 0 Å². The summed E-state index contributed by atoms with van der Waals surface area (Å²) >= 11 is 11.5. The molecule has 0 aliphatic carbocycles. The van der Waals surface area contributed by atoms with Crippen LogP contribution in [-0.4, -0.2) is 15.9 Å². The number of carbonyl (C=O) groups excluding carboxylic acids is 1. The van der Waals surface area contributed by atoms with Crippen molar-refractivity contribution in [2.24, 2.45) is 0 Å². The van der Waals surface area contributed by atoms with Crippen LogP contribution in [-0.2, 0) is 0 Å². The quantitative estimate of drug-likeness (QED) is 0.859. The minimum absolute atomic E-state index is 0.181. The molecule has 2 rings (SSSR count). The van der Waals surface area contributed by atoms with E-state index in [1.165, 1.54) is 0 Å². The molecular weight excluding hydrogens is 273 g/mol. The van der Waals surface area contributed by atoms with Gasteiger partial charge in [-0.2, -0.15) is 0 Å². The van der Waals surface area contributed by atoms with E-state index in [9.17, 15) is 4.79 Å². The van der Waals surface area contributed by atoms with Crippen LogP contribution in [0.1, 0.15) is 16.1 Å². The first-order valence-corrected chi connectivity index (χ1v) is 5.88. The standard InChI is InChI=1S/C12H9Cl2N3O/c1-7-6-10(14)16-12(15-7)17-11(18)8-2-4-9(13)5-3-8/h2-6H,1H3,(H,15,16,17,18). The molecule has 0 aliphatic rings. The average Bonchev–Trinajstić information content (AvgIpc) is 2.28.